The van der Waals surface area contributed by atoms with Crippen molar-refractivity contribution in [2.24, 2.45) is 5.92 Å². The number of fused-ring (bicyclic) bond motifs is 1. The normalized spacial score (nSPS) is 22.0. The van der Waals surface area contributed by atoms with E-state index in [0.29, 0.717) is 29.4 Å². The van der Waals surface area contributed by atoms with Crippen LogP contribution in [0.3, 0.4) is 0 Å². The summed E-state index contributed by atoms with van der Waals surface area (Å²) in [6.07, 6.45) is 0.0243. The average molecular weight is 323 g/mol. The van der Waals surface area contributed by atoms with Crippen molar-refractivity contribution in [3.8, 4) is 0 Å². The molecule has 1 aliphatic rings. The van der Waals surface area contributed by atoms with Crippen molar-refractivity contribution in [2.75, 3.05) is 0 Å². The molecule has 23 heavy (non-hydrogen) atoms. The molecule has 2 aromatic rings. The van der Waals surface area contributed by atoms with Gasteiger partial charge in [-0.3, -0.25) is 14.8 Å². The van der Waals surface area contributed by atoms with E-state index in [1.807, 2.05) is 0 Å². The van der Waals surface area contributed by atoms with E-state index in [1.165, 1.54) is 6.20 Å². The van der Waals surface area contributed by atoms with Crippen LogP contribution in [-0.2, 0) is 0 Å². The van der Waals surface area contributed by atoms with Gasteiger partial charge in [0.25, 0.3) is 5.91 Å². The largest absolute Gasteiger partial charge is 0.391 e. The van der Waals surface area contributed by atoms with Gasteiger partial charge in [0.1, 0.15) is 0 Å². The zero-order chi connectivity index (χ0) is 16.4. The smallest absolute Gasteiger partial charge is 0.349 e. The highest BCUT2D eigenvalue weighted by Crippen LogP contribution is 2.37. The summed E-state index contributed by atoms with van der Waals surface area (Å²) in [5.74, 6) is -1.70. The summed E-state index contributed by atoms with van der Waals surface area (Å²) in [7, 11) is 0. The molecule has 2 unspecified atom stereocenters. The van der Waals surface area contributed by atoms with Crippen LogP contribution in [0.25, 0.3) is 11.0 Å². The number of nitrogens with zero attached hydrogens (tertiary/aromatic N) is 2. The molecule has 7 heteroatoms. The highest BCUT2D eigenvalue weighted by molar-refractivity contribution is 5.97. The van der Waals surface area contributed by atoms with E-state index in [2.05, 4.69) is 15.3 Å². The van der Waals surface area contributed by atoms with Crippen LogP contribution in [0.15, 0.2) is 30.6 Å². The monoisotopic (exact) mass is 323 g/mol. The van der Waals surface area contributed by atoms with Gasteiger partial charge < -0.3 is 5.32 Å². The molecular weight excluding hydrogens is 307 g/mol. The number of carbonyl (C=O) groups excluding carboxylic acids is 1. The Morgan fingerprint density at radius 3 is 2.61 bits per heavy atom. The Labute approximate surface area is 131 Å². The summed E-state index contributed by atoms with van der Waals surface area (Å²) in [5, 5.41) is 2.71. The molecule has 1 saturated carbocycles. The van der Waals surface area contributed by atoms with Crippen molar-refractivity contribution in [3.05, 3.63) is 36.2 Å². The number of carbonyl (C=O) groups is 1. The fourth-order valence-corrected chi connectivity index (χ4v) is 2.99. The van der Waals surface area contributed by atoms with Gasteiger partial charge in [0.2, 0.25) is 0 Å². The first kappa shape index (κ1) is 15.7. The summed E-state index contributed by atoms with van der Waals surface area (Å²) in [5.41, 5.74) is 1.63. The maximum atomic E-state index is 12.8. The van der Waals surface area contributed by atoms with Crippen molar-refractivity contribution in [3.63, 3.8) is 0 Å². The molecular formula is C16H16F3N3O. The number of alkyl halides is 3. The minimum absolute atomic E-state index is 0.0529. The molecule has 122 valence electrons. The number of hydrogen-bond donors (Lipinski definition) is 1. The van der Waals surface area contributed by atoms with E-state index >= 15 is 0 Å². The van der Waals surface area contributed by atoms with Gasteiger partial charge in [-0.05, 0) is 37.5 Å². The second-order valence-electron chi connectivity index (χ2n) is 5.84. The summed E-state index contributed by atoms with van der Waals surface area (Å²) < 4.78 is 38.5. The van der Waals surface area contributed by atoms with Gasteiger partial charge in [-0.2, -0.15) is 13.2 Å². The average Bonchev–Trinajstić information content (AvgIpc) is 2.54. The number of halogens is 3. The number of aromatic nitrogens is 2. The van der Waals surface area contributed by atoms with Gasteiger partial charge in [0, 0.05) is 24.0 Å². The zero-order valence-electron chi connectivity index (χ0n) is 12.3. The topological polar surface area (TPSA) is 54.9 Å². The molecule has 1 N–H and O–H groups in total. The van der Waals surface area contributed by atoms with Crippen LogP contribution in [-0.4, -0.2) is 28.1 Å². The Bertz CT molecular complexity index is 717. The second kappa shape index (κ2) is 6.14. The van der Waals surface area contributed by atoms with Crippen LogP contribution in [0.1, 0.15) is 36.0 Å². The lowest BCUT2D eigenvalue weighted by molar-refractivity contribution is -0.183. The molecule has 1 heterocycles. The standard InChI is InChI=1S/C16H16F3N3O/c17-16(18,19)11-2-1-3-12(9-11)22-15(23)10-4-5-13-14(8-10)21-7-6-20-13/h4-8,11-12H,1-3,9H2,(H,22,23). The van der Waals surface area contributed by atoms with E-state index in [9.17, 15) is 18.0 Å². The molecule has 3 rings (SSSR count). The Morgan fingerprint density at radius 2 is 1.87 bits per heavy atom. The SMILES string of the molecule is O=C(NC1CCCC(C(F)(F)F)C1)c1ccc2nccnc2c1. The summed E-state index contributed by atoms with van der Waals surface area (Å²) in [6, 6.07) is 4.44. The third-order valence-corrected chi connectivity index (χ3v) is 4.20. The molecule has 0 radical (unpaired) electrons. The highest BCUT2D eigenvalue weighted by Gasteiger charge is 2.42. The molecule has 0 bridgehead atoms. The lowest BCUT2D eigenvalue weighted by Gasteiger charge is -2.31. The van der Waals surface area contributed by atoms with Crippen LogP contribution >= 0.6 is 0 Å². The van der Waals surface area contributed by atoms with Gasteiger partial charge in [0.05, 0.1) is 17.0 Å². The molecule has 0 spiro atoms. The second-order valence-corrected chi connectivity index (χ2v) is 5.84. The van der Waals surface area contributed by atoms with Crippen molar-refractivity contribution < 1.29 is 18.0 Å². The number of nitrogens with one attached hydrogen (secondary N) is 1. The van der Waals surface area contributed by atoms with Gasteiger partial charge in [-0.25, -0.2) is 0 Å². The molecule has 1 aromatic heterocycles. The molecule has 4 nitrogen and oxygen atoms in total. The lowest BCUT2D eigenvalue weighted by Crippen LogP contribution is -2.41. The first-order chi connectivity index (χ1) is 10.9. The lowest BCUT2D eigenvalue weighted by atomic mass is 9.85. The number of amides is 1. The van der Waals surface area contributed by atoms with Gasteiger partial charge in [-0.1, -0.05) is 6.42 Å². The number of hydrogen-bond acceptors (Lipinski definition) is 3. The Morgan fingerprint density at radius 1 is 1.13 bits per heavy atom. The van der Waals surface area contributed by atoms with Crippen LogP contribution in [0.2, 0.25) is 0 Å². The summed E-state index contributed by atoms with van der Waals surface area (Å²) in [6.45, 7) is 0. The summed E-state index contributed by atoms with van der Waals surface area (Å²) in [4.78, 5) is 20.5. The van der Waals surface area contributed by atoms with E-state index in [1.54, 1.807) is 24.4 Å². The quantitative estimate of drug-likeness (QED) is 0.920. The van der Waals surface area contributed by atoms with Crippen LogP contribution in [0, 0.1) is 5.92 Å². The molecule has 0 aliphatic heterocycles. The van der Waals surface area contributed by atoms with E-state index in [0.717, 1.165) is 0 Å². The van der Waals surface area contributed by atoms with E-state index < -0.39 is 18.1 Å². The molecule has 0 saturated heterocycles. The highest BCUT2D eigenvalue weighted by atomic mass is 19.4. The fourth-order valence-electron chi connectivity index (χ4n) is 2.99. The van der Waals surface area contributed by atoms with Crippen LogP contribution in [0.4, 0.5) is 13.2 Å². The maximum absolute atomic E-state index is 12.8. The molecule has 1 aromatic carbocycles. The Balaban J connectivity index is 1.70. The third kappa shape index (κ3) is 3.60. The number of benzene rings is 1. The van der Waals surface area contributed by atoms with Crippen molar-refractivity contribution in [2.45, 2.75) is 37.9 Å². The number of rotatable bonds is 2. The molecule has 1 aliphatic carbocycles. The molecule has 1 fully saturated rings. The van der Waals surface area contributed by atoms with Gasteiger partial charge in [0.15, 0.2) is 0 Å². The van der Waals surface area contributed by atoms with Crippen LogP contribution < -0.4 is 5.32 Å². The van der Waals surface area contributed by atoms with E-state index in [4.69, 9.17) is 0 Å². The maximum Gasteiger partial charge on any atom is 0.391 e. The van der Waals surface area contributed by atoms with Gasteiger partial charge in [-0.15, -0.1) is 0 Å². The minimum Gasteiger partial charge on any atom is -0.349 e. The van der Waals surface area contributed by atoms with Gasteiger partial charge >= 0.3 is 6.18 Å². The zero-order valence-corrected chi connectivity index (χ0v) is 12.3. The Hall–Kier alpha value is -2.18. The first-order valence-corrected chi connectivity index (χ1v) is 7.52. The van der Waals surface area contributed by atoms with Crippen molar-refractivity contribution in [1.29, 1.82) is 0 Å². The molecule has 1 amide bonds. The van der Waals surface area contributed by atoms with E-state index in [-0.39, 0.29) is 18.7 Å². The predicted octanol–water partition coefficient (Wildman–Crippen LogP) is 3.48. The first-order valence-electron chi connectivity index (χ1n) is 7.52. The Kier molecular flexibility index (Phi) is 4.19. The summed E-state index contributed by atoms with van der Waals surface area (Å²) >= 11 is 0. The molecule has 2 atom stereocenters. The van der Waals surface area contributed by atoms with Crippen molar-refractivity contribution >= 4 is 16.9 Å². The third-order valence-electron chi connectivity index (χ3n) is 4.20. The van der Waals surface area contributed by atoms with Crippen LogP contribution in [0.5, 0.6) is 0 Å². The predicted molar refractivity (Wildman–Crippen MR) is 78.8 cm³/mol. The minimum atomic E-state index is -4.19. The fraction of sp³-hybridized carbons (Fsp3) is 0.438. The van der Waals surface area contributed by atoms with Crippen molar-refractivity contribution in [1.82, 2.24) is 15.3 Å².